The molecule has 1 saturated heterocycles. The third kappa shape index (κ3) is 3.64. The van der Waals surface area contributed by atoms with Gasteiger partial charge in [0.25, 0.3) is 0 Å². The largest absolute Gasteiger partial charge is 0.354 e. The van der Waals surface area contributed by atoms with Gasteiger partial charge in [0.2, 0.25) is 5.91 Å². The highest BCUT2D eigenvalue weighted by molar-refractivity contribution is 5.82. The molecule has 5 heteroatoms. The average molecular weight is 290 g/mol. The molecule has 1 amide bonds. The number of carbonyl (C=O) groups excluding carboxylic acids is 1. The summed E-state index contributed by atoms with van der Waals surface area (Å²) in [6.07, 6.45) is 9.93. The summed E-state index contributed by atoms with van der Waals surface area (Å²) in [6.45, 7) is 3.70. The van der Waals surface area contributed by atoms with E-state index in [1.165, 1.54) is 25.7 Å². The summed E-state index contributed by atoms with van der Waals surface area (Å²) in [7, 11) is 0. The quantitative estimate of drug-likeness (QED) is 0.865. The normalized spacial score (nSPS) is 29.9. The van der Waals surface area contributed by atoms with Crippen molar-refractivity contribution in [2.24, 2.45) is 11.8 Å². The van der Waals surface area contributed by atoms with Crippen molar-refractivity contribution in [2.75, 3.05) is 6.54 Å². The van der Waals surface area contributed by atoms with Crippen molar-refractivity contribution in [2.45, 2.75) is 57.7 Å². The lowest BCUT2D eigenvalue weighted by molar-refractivity contribution is -0.123. The van der Waals surface area contributed by atoms with E-state index in [2.05, 4.69) is 22.7 Å². The van der Waals surface area contributed by atoms with Crippen LogP contribution in [0.5, 0.6) is 0 Å². The van der Waals surface area contributed by atoms with E-state index in [-0.39, 0.29) is 11.9 Å². The lowest BCUT2D eigenvalue weighted by Gasteiger charge is -2.24. The van der Waals surface area contributed by atoms with E-state index in [9.17, 15) is 4.79 Å². The molecule has 1 aliphatic heterocycles. The first-order chi connectivity index (χ1) is 10.2. The van der Waals surface area contributed by atoms with Crippen molar-refractivity contribution in [3.05, 3.63) is 18.5 Å². The molecule has 1 saturated carbocycles. The number of aromatic nitrogens is 2. The van der Waals surface area contributed by atoms with Gasteiger partial charge in [0, 0.05) is 31.5 Å². The number of amides is 1. The molecule has 116 valence electrons. The first kappa shape index (κ1) is 14.6. The fraction of sp³-hybridized carbons (Fsp3) is 0.750. The number of rotatable bonds is 5. The van der Waals surface area contributed by atoms with Crippen LogP contribution in [0, 0.1) is 11.8 Å². The molecule has 21 heavy (non-hydrogen) atoms. The van der Waals surface area contributed by atoms with Crippen molar-refractivity contribution >= 4 is 5.91 Å². The second-order valence-electron chi connectivity index (χ2n) is 6.68. The topological polar surface area (TPSA) is 59.0 Å². The molecule has 0 radical (unpaired) electrons. The van der Waals surface area contributed by atoms with Crippen LogP contribution in [0.2, 0.25) is 0 Å². The SMILES string of the molecule is C[C@H](CNC(=O)[C@@H]1C[C@@H]2CCCC[C@H]2N1)Cn1cccn1. The Morgan fingerprint density at radius 1 is 1.48 bits per heavy atom. The maximum Gasteiger partial charge on any atom is 0.237 e. The fourth-order valence-electron chi connectivity index (χ4n) is 3.71. The first-order valence-corrected chi connectivity index (χ1v) is 8.23. The lowest BCUT2D eigenvalue weighted by atomic mass is 9.85. The van der Waals surface area contributed by atoms with E-state index in [1.807, 2.05) is 16.9 Å². The molecule has 2 aliphatic rings. The van der Waals surface area contributed by atoms with E-state index < -0.39 is 0 Å². The minimum absolute atomic E-state index is 0.0232. The molecule has 0 unspecified atom stereocenters. The van der Waals surface area contributed by atoms with E-state index in [0.717, 1.165) is 18.9 Å². The van der Waals surface area contributed by atoms with Gasteiger partial charge < -0.3 is 10.6 Å². The molecule has 1 aromatic heterocycles. The molecule has 1 aliphatic carbocycles. The summed E-state index contributed by atoms with van der Waals surface area (Å²) in [5.74, 6) is 1.28. The van der Waals surface area contributed by atoms with Crippen LogP contribution in [0.25, 0.3) is 0 Å². The molecule has 5 nitrogen and oxygen atoms in total. The van der Waals surface area contributed by atoms with Crippen LogP contribution in [-0.4, -0.2) is 34.3 Å². The Labute approximate surface area is 126 Å². The van der Waals surface area contributed by atoms with Crippen LogP contribution < -0.4 is 10.6 Å². The van der Waals surface area contributed by atoms with Gasteiger partial charge >= 0.3 is 0 Å². The maximum absolute atomic E-state index is 12.3. The third-order valence-electron chi connectivity index (χ3n) is 4.86. The Balaban J connectivity index is 1.42. The standard InChI is InChI=1S/C16H26N4O/c1-12(11-20-8-4-7-18-20)10-17-16(21)15-9-13-5-2-3-6-14(13)19-15/h4,7-8,12-15,19H,2-3,5-6,9-11H2,1H3,(H,17,21)/t12-,13+,14-,15+/m1/s1. The number of carbonyl (C=O) groups is 1. The van der Waals surface area contributed by atoms with Gasteiger partial charge in [-0.25, -0.2) is 0 Å². The van der Waals surface area contributed by atoms with Gasteiger partial charge in [0.15, 0.2) is 0 Å². The number of fused-ring (bicyclic) bond motifs is 1. The van der Waals surface area contributed by atoms with Crippen molar-refractivity contribution in [3.8, 4) is 0 Å². The van der Waals surface area contributed by atoms with Gasteiger partial charge in [0.05, 0.1) is 6.04 Å². The van der Waals surface area contributed by atoms with E-state index in [1.54, 1.807) is 6.20 Å². The van der Waals surface area contributed by atoms with E-state index >= 15 is 0 Å². The number of hydrogen-bond donors (Lipinski definition) is 2. The first-order valence-electron chi connectivity index (χ1n) is 8.23. The number of nitrogens with one attached hydrogen (secondary N) is 2. The zero-order valence-electron chi connectivity index (χ0n) is 12.8. The Bertz CT molecular complexity index is 445. The predicted molar refractivity (Wildman–Crippen MR) is 81.7 cm³/mol. The van der Waals surface area contributed by atoms with Crippen molar-refractivity contribution in [1.82, 2.24) is 20.4 Å². The van der Waals surface area contributed by atoms with E-state index in [0.29, 0.717) is 18.5 Å². The molecule has 2 fully saturated rings. The molecular weight excluding hydrogens is 264 g/mol. The molecule has 3 rings (SSSR count). The van der Waals surface area contributed by atoms with Crippen molar-refractivity contribution in [1.29, 1.82) is 0 Å². The van der Waals surface area contributed by atoms with Gasteiger partial charge in [-0.2, -0.15) is 5.10 Å². The van der Waals surface area contributed by atoms with Gasteiger partial charge in [-0.3, -0.25) is 9.48 Å². The highest BCUT2D eigenvalue weighted by Crippen LogP contribution is 2.33. The van der Waals surface area contributed by atoms with Gasteiger partial charge in [-0.15, -0.1) is 0 Å². The summed E-state index contributed by atoms with van der Waals surface area (Å²) in [6, 6.07) is 2.53. The summed E-state index contributed by atoms with van der Waals surface area (Å²) in [5.41, 5.74) is 0. The molecule has 2 N–H and O–H groups in total. The zero-order valence-corrected chi connectivity index (χ0v) is 12.8. The molecular formula is C16H26N4O. The second kappa shape index (κ2) is 6.60. The molecule has 0 spiro atoms. The lowest BCUT2D eigenvalue weighted by Crippen LogP contribution is -2.44. The number of nitrogens with zero attached hydrogens (tertiary/aromatic N) is 2. The summed E-state index contributed by atoms with van der Waals surface area (Å²) in [5, 5.41) is 10.8. The molecule has 4 atom stereocenters. The third-order valence-corrected chi connectivity index (χ3v) is 4.86. The summed E-state index contributed by atoms with van der Waals surface area (Å²) in [4.78, 5) is 12.3. The Kier molecular flexibility index (Phi) is 4.58. The molecule has 1 aromatic rings. The number of hydrogen-bond acceptors (Lipinski definition) is 3. The highest BCUT2D eigenvalue weighted by Gasteiger charge is 2.38. The zero-order chi connectivity index (χ0) is 14.7. The van der Waals surface area contributed by atoms with Crippen LogP contribution >= 0.6 is 0 Å². The van der Waals surface area contributed by atoms with Crippen LogP contribution in [0.3, 0.4) is 0 Å². The maximum atomic E-state index is 12.3. The molecule has 0 aromatic carbocycles. The van der Waals surface area contributed by atoms with E-state index in [4.69, 9.17) is 0 Å². The summed E-state index contributed by atoms with van der Waals surface area (Å²) >= 11 is 0. The monoisotopic (exact) mass is 290 g/mol. The minimum Gasteiger partial charge on any atom is -0.354 e. The highest BCUT2D eigenvalue weighted by atomic mass is 16.2. The molecule has 0 bridgehead atoms. The summed E-state index contributed by atoms with van der Waals surface area (Å²) < 4.78 is 1.92. The van der Waals surface area contributed by atoms with Crippen LogP contribution in [0.1, 0.15) is 39.0 Å². The van der Waals surface area contributed by atoms with Gasteiger partial charge in [-0.1, -0.05) is 19.8 Å². The Hall–Kier alpha value is -1.36. The second-order valence-corrected chi connectivity index (χ2v) is 6.68. The smallest absolute Gasteiger partial charge is 0.237 e. The van der Waals surface area contributed by atoms with Crippen molar-refractivity contribution in [3.63, 3.8) is 0 Å². The average Bonchev–Trinajstić information content (AvgIpc) is 3.13. The van der Waals surface area contributed by atoms with Gasteiger partial charge in [-0.05, 0) is 37.2 Å². The van der Waals surface area contributed by atoms with Crippen LogP contribution in [0.15, 0.2) is 18.5 Å². The molecule has 2 heterocycles. The minimum atomic E-state index is 0.0232. The Morgan fingerprint density at radius 3 is 3.10 bits per heavy atom. The Morgan fingerprint density at radius 2 is 2.33 bits per heavy atom. The van der Waals surface area contributed by atoms with Crippen LogP contribution in [-0.2, 0) is 11.3 Å². The predicted octanol–water partition coefficient (Wildman–Crippen LogP) is 1.56. The fourth-order valence-corrected chi connectivity index (χ4v) is 3.71. The van der Waals surface area contributed by atoms with Crippen LogP contribution in [0.4, 0.5) is 0 Å². The van der Waals surface area contributed by atoms with Crippen molar-refractivity contribution < 1.29 is 4.79 Å². The van der Waals surface area contributed by atoms with Gasteiger partial charge in [0.1, 0.15) is 0 Å².